The summed E-state index contributed by atoms with van der Waals surface area (Å²) in [6.45, 7) is 4.27. The Morgan fingerprint density at radius 3 is 2.91 bits per heavy atom. The molecule has 0 aliphatic heterocycles. The molecule has 3 nitrogen and oxygen atoms in total. The SMILES string of the molecule is CCC(=O)Cn1cncc1C. The van der Waals surface area contributed by atoms with Crippen molar-refractivity contribution < 1.29 is 4.79 Å². The number of aryl methyl sites for hydroxylation is 1. The standard InChI is InChI=1S/C8H12N2O/c1-3-8(11)5-10-6-9-4-7(10)2/h4,6H,3,5H2,1-2H3. The lowest BCUT2D eigenvalue weighted by molar-refractivity contribution is -0.119. The predicted molar refractivity (Wildman–Crippen MR) is 42.3 cm³/mol. The maximum atomic E-state index is 11.0. The summed E-state index contributed by atoms with van der Waals surface area (Å²) >= 11 is 0. The van der Waals surface area contributed by atoms with E-state index in [2.05, 4.69) is 4.98 Å². The van der Waals surface area contributed by atoms with Crippen LogP contribution in [0.1, 0.15) is 19.0 Å². The van der Waals surface area contributed by atoms with Crippen LogP contribution in [0.25, 0.3) is 0 Å². The van der Waals surface area contributed by atoms with E-state index in [0.29, 0.717) is 13.0 Å². The third kappa shape index (κ3) is 1.90. The van der Waals surface area contributed by atoms with Gasteiger partial charge in [0.2, 0.25) is 0 Å². The minimum atomic E-state index is 0.242. The third-order valence-electron chi connectivity index (χ3n) is 1.66. The van der Waals surface area contributed by atoms with Crippen molar-refractivity contribution >= 4 is 5.78 Å². The van der Waals surface area contributed by atoms with Gasteiger partial charge in [0.25, 0.3) is 0 Å². The number of imidazole rings is 1. The van der Waals surface area contributed by atoms with Crippen molar-refractivity contribution in [2.24, 2.45) is 0 Å². The van der Waals surface area contributed by atoms with Gasteiger partial charge >= 0.3 is 0 Å². The third-order valence-corrected chi connectivity index (χ3v) is 1.66. The zero-order valence-corrected chi connectivity index (χ0v) is 6.87. The Labute approximate surface area is 66.1 Å². The monoisotopic (exact) mass is 152 g/mol. The van der Waals surface area contributed by atoms with Gasteiger partial charge in [0.05, 0.1) is 12.9 Å². The van der Waals surface area contributed by atoms with Crippen molar-refractivity contribution in [2.45, 2.75) is 26.8 Å². The molecular weight excluding hydrogens is 140 g/mol. The van der Waals surface area contributed by atoms with Crippen molar-refractivity contribution in [1.82, 2.24) is 9.55 Å². The van der Waals surface area contributed by atoms with Gasteiger partial charge in [0, 0.05) is 18.3 Å². The first kappa shape index (κ1) is 7.98. The smallest absolute Gasteiger partial charge is 0.152 e. The summed E-state index contributed by atoms with van der Waals surface area (Å²) in [5, 5.41) is 0. The second kappa shape index (κ2) is 3.32. The van der Waals surface area contributed by atoms with Crippen LogP contribution in [0.4, 0.5) is 0 Å². The molecule has 0 aliphatic carbocycles. The molecule has 0 fully saturated rings. The van der Waals surface area contributed by atoms with E-state index in [9.17, 15) is 4.79 Å². The molecule has 0 aliphatic rings. The molecule has 3 heteroatoms. The number of ketones is 1. The summed E-state index contributed by atoms with van der Waals surface area (Å²) in [6.07, 6.45) is 4.03. The summed E-state index contributed by atoms with van der Waals surface area (Å²) in [4.78, 5) is 14.9. The number of hydrogen-bond acceptors (Lipinski definition) is 2. The minimum Gasteiger partial charge on any atom is -0.327 e. The molecule has 1 aromatic heterocycles. The molecule has 11 heavy (non-hydrogen) atoms. The van der Waals surface area contributed by atoms with Crippen LogP contribution in [0.5, 0.6) is 0 Å². The van der Waals surface area contributed by atoms with Crippen molar-refractivity contribution in [3.8, 4) is 0 Å². The number of carbonyl (C=O) groups is 1. The number of rotatable bonds is 3. The van der Waals surface area contributed by atoms with Crippen LogP contribution in [-0.2, 0) is 11.3 Å². The molecule has 0 bridgehead atoms. The number of aromatic nitrogens is 2. The van der Waals surface area contributed by atoms with Gasteiger partial charge in [-0.1, -0.05) is 6.92 Å². The zero-order valence-electron chi connectivity index (χ0n) is 6.87. The summed E-state index contributed by atoms with van der Waals surface area (Å²) < 4.78 is 1.85. The van der Waals surface area contributed by atoms with E-state index in [1.54, 1.807) is 12.5 Å². The predicted octanol–water partition coefficient (Wildman–Crippen LogP) is 1.17. The van der Waals surface area contributed by atoms with Crippen molar-refractivity contribution in [2.75, 3.05) is 0 Å². The minimum absolute atomic E-state index is 0.242. The van der Waals surface area contributed by atoms with E-state index < -0.39 is 0 Å². The first-order chi connectivity index (χ1) is 5.24. The molecule has 1 aromatic rings. The Morgan fingerprint density at radius 2 is 2.45 bits per heavy atom. The first-order valence-corrected chi connectivity index (χ1v) is 3.72. The molecule has 0 spiro atoms. The number of nitrogens with zero attached hydrogens (tertiary/aromatic N) is 2. The fourth-order valence-electron chi connectivity index (χ4n) is 0.854. The van der Waals surface area contributed by atoms with Gasteiger partial charge in [-0.2, -0.15) is 0 Å². The normalized spacial score (nSPS) is 10.0. The Kier molecular flexibility index (Phi) is 2.41. The van der Waals surface area contributed by atoms with Gasteiger partial charge in [-0.3, -0.25) is 4.79 Å². The van der Waals surface area contributed by atoms with Crippen molar-refractivity contribution in [1.29, 1.82) is 0 Å². The molecule has 60 valence electrons. The van der Waals surface area contributed by atoms with Crippen molar-refractivity contribution in [3.63, 3.8) is 0 Å². The number of Topliss-reactive ketones (excluding diaryl/α,β-unsaturated/α-hetero) is 1. The molecular formula is C8H12N2O. The van der Waals surface area contributed by atoms with Crippen LogP contribution in [0, 0.1) is 6.92 Å². The van der Waals surface area contributed by atoms with Crippen molar-refractivity contribution in [3.05, 3.63) is 18.2 Å². The van der Waals surface area contributed by atoms with E-state index in [1.807, 2.05) is 18.4 Å². The van der Waals surface area contributed by atoms with Crippen LogP contribution in [-0.4, -0.2) is 15.3 Å². The molecule has 0 unspecified atom stereocenters. The highest BCUT2D eigenvalue weighted by Crippen LogP contribution is 1.97. The zero-order chi connectivity index (χ0) is 8.27. The van der Waals surface area contributed by atoms with Gasteiger partial charge < -0.3 is 4.57 Å². The molecule has 0 radical (unpaired) electrons. The fraction of sp³-hybridized carbons (Fsp3) is 0.500. The highest BCUT2D eigenvalue weighted by molar-refractivity contribution is 5.77. The summed E-state index contributed by atoms with van der Waals surface area (Å²) in [5.41, 5.74) is 1.03. The lowest BCUT2D eigenvalue weighted by Crippen LogP contribution is -2.08. The average molecular weight is 152 g/mol. The average Bonchev–Trinajstić information content (AvgIpc) is 2.37. The van der Waals surface area contributed by atoms with Gasteiger partial charge in [-0.25, -0.2) is 4.98 Å². The second-order valence-corrected chi connectivity index (χ2v) is 2.56. The Hall–Kier alpha value is -1.12. The van der Waals surface area contributed by atoms with Gasteiger partial charge in [-0.05, 0) is 6.92 Å². The fourth-order valence-corrected chi connectivity index (χ4v) is 0.854. The van der Waals surface area contributed by atoms with E-state index >= 15 is 0 Å². The van der Waals surface area contributed by atoms with Gasteiger partial charge in [-0.15, -0.1) is 0 Å². The largest absolute Gasteiger partial charge is 0.327 e. The Bertz CT molecular complexity index is 252. The van der Waals surface area contributed by atoms with Crippen LogP contribution in [0.3, 0.4) is 0 Å². The Morgan fingerprint density at radius 1 is 1.73 bits per heavy atom. The van der Waals surface area contributed by atoms with Crippen LogP contribution >= 0.6 is 0 Å². The molecule has 0 saturated carbocycles. The maximum Gasteiger partial charge on any atom is 0.152 e. The Balaban J connectivity index is 2.64. The summed E-state index contributed by atoms with van der Waals surface area (Å²) in [5.74, 6) is 0.242. The molecule has 0 aromatic carbocycles. The van der Waals surface area contributed by atoms with Crippen LogP contribution < -0.4 is 0 Å². The van der Waals surface area contributed by atoms with Gasteiger partial charge in [0.15, 0.2) is 5.78 Å². The van der Waals surface area contributed by atoms with E-state index in [4.69, 9.17) is 0 Å². The molecule has 0 atom stereocenters. The maximum absolute atomic E-state index is 11.0. The topological polar surface area (TPSA) is 34.9 Å². The van der Waals surface area contributed by atoms with Crippen LogP contribution in [0.15, 0.2) is 12.5 Å². The molecule has 1 rings (SSSR count). The summed E-state index contributed by atoms with van der Waals surface area (Å²) in [6, 6.07) is 0. The molecule has 1 heterocycles. The quantitative estimate of drug-likeness (QED) is 0.651. The highest BCUT2D eigenvalue weighted by atomic mass is 16.1. The molecule has 0 amide bonds. The van der Waals surface area contributed by atoms with E-state index in [0.717, 1.165) is 5.69 Å². The lowest BCUT2D eigenvalue weighted by atomic mass is 10.3. The summed E-state index contributed by atoms with van der Waals surface area (Å²) in [7, 11) is 0. The number of carbonyl (C=O) groups excluding carboxylic acids is 1. The van der Waals surface area contributed by atoms with E-state index in [1.165, 1.54) is 0 Å². The lowest BCUT2D eigenvalue weighted by Gasteiger charge is -2.00. The van der Waals surface area contributed by atoms with E-state index in [-0.39, 0.29) is 5.78 Å². The number of hydrogen-bond donors (Lipinski definition) is 0. The van der Waals surface area contributed by atoms with Crippen LogP contribution in [0.2, 0.25) is 0 Å². The van der Waals surface area contributed by atoms with Gasteiger partial charge in [0.1, 0.15) is 0 Å². The first-order valence-electron chi connectivity index (χ1n) is 3.72. The second-order valence-electron chi connectivity index (χ2n) is 2.56. The highest BCUT2D eigenvalue weighted by Gasteiger charge is 2.00. The molecule has 0 N–H and O–H groups in total. The molecule has 0 saturated heterocycles.